The van der Waals surface area contributed by atoms with Gasteiger partial charge in [-0.05, 0) is 69.6 Å². The smallest absolute Gasteiger partial charge is 0.252 e. The summed E-state index contributed by atoms with van der Waals surface area (Å²) in [5, 5.41) is 4.05. The van der Waals surface area contributed by atoms with Crippen LogP contribution in [-0.4, -0.2) is 30.4 Å². The fourth-order valence-corrected chi connectivity index (χ4v) is 4.73. The molecule has 0 saturated heterocycles. The molecule has 1 N–H and O–H groups in total. The zero-order chi connectivity index (χ0) is 20.9. The number of nitrogens with one attached hydrogen (secondary N) is 1. The molecule has 0 spiro atoms. The van der Waals surface area contributed by atoms with Crippen LogP contribution in [0.25, 0.3) is 0 Å². The Hall–Kier alpha value is -1.84. The van der Waals surface area contributed by atoms with Crippen molar-refractivity contribution in [2.24, 2.45) is 0 Å². The van der Waals surface area contributed by atoms with E-state index in [1.807, 2.05) is 44.2 Å². The molecule has 4 heteroatoms. The van der Waals surface area contributed by atoms with E-state index in [0.717, 1.165) is 36.0 Å². The number of benzene rings is 2. The molecule has 1 amide bonds. The summed E-state index contributed by atoms with van der Waals surface area (Å²) in [6.45, 7) is 8.29. The fraction of sp³-hybridized carbons (Fsp3) is 0.458. The van der Waals surface area contributed by atoms with E-state index in [-0.39, 0.29) is 17.5 Å². The molecular formula is C24H33ClN2O. The maximum atomic E-state index is 13.4. The highest BCUT2D eigenvalue weighted by molar-refractivity contribution is 6.30. The van der Waals surface area contributed by atoms with Crippen molar-refractivity contribution >= 4 is 17.5 Å². The number of hydrogen-bond acceptors (Lipinski definition) is 2. The molecule has 3 nitrogen and oxygen atoms in total. The second kappa shape index (κ2) is 9.58. The van der Waals surface area contributed by atoms with Gasteiger partial charge in [-0.2, -0.15) is 0 Å². The minimum absolute atomic E-state index is 0.0451. The molecule has 0 aliphatic heterocycles. The van der Waals surface area contributed by atoms with Crippen molar-refractivity contribution in [3.8, 4) is 0 Å². The van der Waals surface area contributed by atoms with Gasteiger partial charge in [-0.3, -0.25) is 4.79 Å². The van der Waals surface area contributed by atoms with Gasteiger partial charge in [0.2, 0.25) is 0 Å². The van der Waals surface area contributed by atoms with Crippen molar-refractivity contribution < 1.29 is 4.79 Å². The third-order valence-electron chi connectivity index (χ3n) is 5.86. The zero-order valence-corrected chi connectivity index (χ0v) is 18.7. The monoisotopic (exact) mass is 400 g/mol. The Labute approximate surface area is 175 Å². The lowest BCUT2D eigenvalue weighted by atomic mass is 9.78. The topological polar surface area (TPSA) is 32.3 Å². The molecule has 2 aromatic carbocycles. The summed E-state index contributed by atoms with van der Waals surface area (Å²) in [5.41, 5.74) is 3.48. The maximum Gasteiger partial charge on any atom is 0.252 e. The second-order valence-electron chi connectivity index (χ2n) is 7.83. The molecule has 2 atom stereocenters. The maximum absolute atomic E-state index is 13.4. The lowest BCUT2D eigenvalue weighted by Crippen LogP contribution is -2.54. The Kier molecular flexibility index (Phi) is 7.68. The van der Waals surface area contributed by atoms with Crippen molar-refractivity contribution in [3.05, 3.63) is 69.7 Å². The van der Waals surface area contributed by atoms with E-state index in [1.165, 1.54) is 0 Å². The molecule has 152 valence electrons. The summed E-state index contributed by atoms with van der Waals surface area (Å²) in [7, 11) is 4.22. The number of carbonyl (C=O) groups excluding carboxylic acids is 1. The van der Waals surface area contributed by atoms with Crippen LogP contribution in [0.2, 0.25) is 5.02 Å². The van der Waals surface area contributed by atoms with Gasteiger partial charge in [0.05, 0.1) is 6.04 Å². The van der Waals surface area contributed by atoms with Crippen LogP contribution < -0.4 is 5.32 Å². The summed E-state index contributed by atoms with van der Waals surface area (Å²) >= 11 is 6.17. The normalized spacial score (nSPS) is 14.6. The first kappa shape index (κ1) is 22.4. The van der Waals surface area contributed by atoms with Gasteiger partial charge < -0.3 is 10.2 Å². The molecule has 0 bridgehead atoms. The van der Waals surface area contributed by atoms with Crippen molar-refractivity contribution in [2.45, 2.75) is 58.5 Å². The van der Waals surface area contributed by atoms with E-state index in [2.05, 4.69) is 50.3 Å². The van der Waals surface area contributed by atoms with Crippen LogP contribution in [0.5, 0.6) is 0 Å². The fourth-order valence-electron chi connectivity index (χ4n) is 4.40. The van der Waals surface area contributed by atoms with Gasteiger partial charge in [-0.15, -0.1) is 0 Å². The van der Waals surface area contributed by atoms with Gasteiger partial charge in [-0.25, -0.2) is 0 Å². The Morgan fingerprint density at radius 2 is 1.68 bits per heavy atom. The number of halogens is 1. The number of aryl methyl sites for hydroxylation is 2. The van der Waals surface area contributed by atoms with E-state index < -0.39 is 0 Å². The highest BCUT2D eigenvalue weighted by atomic mass is 35.5. The number of nitrogens with zero attached hydrogens (tertiary/aromatic N) is 1. The van der Waals surface area contributed by atoms with Crippen molar-refractivity contribution in [1.29, 1.82) is 0 Å². The van der Waals surface area contributed by atoms with Crippen LogP contribution >= 0.6 is 11.6 Å². The first-order chi connectivity index (χ1) is 13.3. The lowest BCUT2D eigenvalue weighted by molar-refractivity contribution is 0.0670. The van der Waals surface area contributed by atoms with Gasteiger partial charge in [0, 0.05) is 16.1 Å². The van der Waals surface area contributed by atoms with Crippen LogP contribution in [0.4, 0.5) is 0 Å². The number of amides is 1. The van der Waals surface area contributed by atoms with Crippen molar-refractivity contribution in [3.63, 3.8) is 0 Å². The number of hydrogen-bond donors (Lipinski definition) is 1. The van der Waals surface area contributed by atoms with Gasteiger partial charge in [-0.1, -0.05) is 62.2 Å². The number of carbonyl (C=O) groups is 1. The van der Waals surface area contributed by atoms with E-state index in [4.69, 9.17) is 11.6 Å². The Morgan fingerprint density at radius 3 is 2.14 bits per heavy atom. The highest BCUT2D eigenvalue weighted by Gasteiger charge is 2.40. The summed E-state index contributed by atoms with van der Waals surface area (Å²) in [6, 6.07) is 13.9. The van der Waals surface area contributed by atoms with Crippen LogP contribution in [0.3, 0.4) is 0 Å². The van der Waals surface area contributed by atoms with E-state index in [0.29, 0.717) is 10.6 Å². The zero-order valence-electron chi connectivity index (χ0n) is 18.0. The molecule has 2 rings (SSSR count). The molecule has 0 radical (unpaired) electrons. The van der Waals surface area contributed by atoms with E-state index in [1.54, 1.807) is 0 Å². The first-order valence-electron chi connectivity index (χ1n) is 10.1. The van der Waals surface area contributed by atoms with Crippen LogP contribution in [0, 0.1) is 13.8 Å². The molecule has 0 aromatic heterocycles. The van der Waals surface area contributed by atoms with Gasteiger partial charge >= 0.3 is 0 Å². The summed E-state index contributed by atoms with van der Waals surface area (Å²) in [4.78, 5) is 15.7. The summed E-state index contributed by atoms with van der Waals surface area (Å²) in [6.07, 6.45) is 2.98. The molecule has 0 fully saturated rings. The average Bonchev–Trinajstić information content (AvgIpc) is 2.64. The van der Waals surface area contributed by atoms with Crippen molar-refractivity contribution in [1.82, 2.24) is 10.2 Å². The molecule has 0 aliphatic rings. The average molecular weight is 401 g/mol. The van der Waals surface area contributed by atoms with Gasteiger partial charge in [0.25, 0.3) is 5.91 Å². The number of rotatable bonds is 8. The SMILES string of the molecule is CCCC(CC)(C(NC(=O)c1c(C)cc(Cl)cc1C)c1ccccc1)N(C)C. The van der Waals surface area contributed by atoms with Crippen LogP contribution in [-0.2, 0) is 0 Å². The molecule has 2 unspecified atom stereocenters. The molecular weight excluding hydrogens is 368 g/mol. The van der Waals surface area contributed by atoms with Crippen LogP contribution in [0.1, 0.15) is 66.2 Å². The predicted molar refractivity (Wildman–Crippen MR) is 119 cm³/mol. The molecule has 2 aromatic rings. The lowest BCUT2D eigenvalue weighted by Gasteiger charge is -2.46. The number of likely N-dealkylation sites (N-methyl/N-ethyl adjacent to an activating group) is 1. The summed E-state index contributed by atoms with van der Waals surface area (Å²) < 4.78 is 0. The summed E-state index contributed by atoms with van der Waals surface area (Å²) in [5.74, 6) is -0.0451. The Morgan fingerprint density at radius 1 is 1.11 bits per heavy atom. The Bertz CT molecular complexity index is 781. The largest absolute Gasteiger partial charge is 0.343 e. The second-order valence-corrected chi connectivity index (χ2v) is 8.27. The third-order valence-corrected chi connectivity index (χ3v) is 6.07. The minimum atomic E-state index is -0.167. The molecule has 28 heavy (non-hydrogen) atoms. The molecule has 0 heterocycles. The van der Waals surface area contributed by atoms with Crippen molar-refractivity contribution in [2.75, 3.05) is 14.1 Å². The first-order valence-corrected chi connectivity index (χ1v) is 10.4. The van der Waals surface area contributed by atoms with Crippen LogP contribution in [0.15, 0.2) is 42.5 Å². The highest BCUT2D eigenvalue weighted by Crippen LogP contribution is 2.37. The predicted octanol–water partition coefficient (Wildman–Crippen LogP) is 5.94. The molecule has 0 aliphatic carbocycles. The quantitative estimate of drug-likeness (QED) is 0.594. The molecule has 0 saturated carbocycles. The van der Waals surface area contributed by atoms with E-state index >= 15 is 0 Å². The minimum Gasteiger partial charge on any atom is -0.343 e. The van der Waals surface area contributed by atoms with Gasteiger partial charge in [0.15, 0.2) is 0 Å². The standard InChI is InChI=1S/C24H33ClN2O/c1-7-14-24(8-2,27(5)6)22(19-12-10-9-11-13-19)26-23(28)21-17(3)15-20(25)16-18(21)4/h9-13,15-16,22H,7-8,14H2,1-6H3,(H,26,28). The van der Waals surface area contributed by atoms with E-state index in [9.17, 15) is 4.79 Å². The Balaban J connectivity index is 2.53. The third kappa shape index (κ3) is 4.59. The van der Waals surface area contributed by atoms with Gasteiger partial charge in [0.1, 0.15) is 0 Å².